The lowest BCUT2D eigenvalue weighted by Gasteiger charge is -2.16. The smallest absolute Gasteiger partial charge is 0.105 e. The fourth-order valence-corrected chi connectivity index (χ4v) is 2.91. The monoisotopic (exact) mass is 341 g/mol. The number of aliphatic hydroxyl groups excluding tert-OH is 1. The van der Waals surface area contributed by atoms with Gasteiger partial charge in [0.1, 0.15) is 6.10 Å². The predicted octanol–water partition coefficient (Wildman–Crippen LogP) is 4.70. The summed E-state index contributed by atoms with van der Waals surface area (Å²) in [5.74, 6) is 0. The van der Waals surface area contributed by atoms with E-state index < -0.39 is 6.10 Å². The van der Waals surface area contributed by atoms with E-state index in [1.165, 1.54) is 0 Å². The van der Waals surface area contributed by atoms with E-state index in [-0.39, 0.29) is 0 Å². The third-order valence-corrected chi connectivity index (χ3v) is 5.00. The molecular weight excluding hydrogens is 326 g/mol. The van der Waals surface area contributed by atoms with Crippen LogP contribution >= 0.6 is 15.9 Å². The molecule has 0 saturated heterocycles. The number of nitrogens with zero attached hydrogens (tertiary/aromatic N) is 1. The molecule has 2 nitrogen and oxygen atoms in total. The van der Waals surface area contributed by atoms with Gasteiger partial charge >= 0.3 is 0 Å². The SMILES string of the molecule is Cc1cc(C(O)c2cccc3ncccc23)cc(C)c1Br. The number of fused-ring (bicyclic) bond motifs is 1. The second kappa shape index (κ2) is 5.58. The Hall–Kier alpha value is -1.71. The minimum atomic E-state index is -0.650. The molecule has 106 valence electrons. The summed E-state index contributed by atoms with van der Waals surface area (Å²) in [6, 6.07) is 13.8. The average Bonchev–Trinajstić information content (AvgIpc) is 2.51. The molecule has 0 bridgehead atoms. The van der Waals surface area contributed by atoms with Crippen LogP contribution in [0.2, 0.25) is 0 Å². The van der Waals surface area contributed by atoms with E-state index >= 15 is 0 Å². The molecule has 3 aromatic rings. The number of aryl methyl sites for hydroxylation is 2. The van der Waals surface area contributed by atoms with Crippen LogP contribution < -0.4 is 0 Å². The summed E-state index contributed by atoms with van der Waals surface area (Å²) in [5.41, 5.74) is 4.95. The number of rotatable bonds is 2. The Morgan fingerprint density at radius 2 is 1.76 bits per heavy atom. The third kappa shape index (κ3) is 2.59. The second-order valence-electron chi connectivity index (χ2n) is 5.29. The molecule has 1 heterocycles. The highest BCUT2D eigenvalue weighted by atomic mass is 79.9. The van der Waals surface area contributed by atoms with Gasteiger partial charge in [-0.2, -0.15) is 0 Å². The summed E-state index contributed by atoms with van der Waals surface area (Å²) in [5, 5.41) is 11.8. The molecule has 0 fully saturated rings. The minimum Gasteiger partial charge on any atom is -0.384 e. The molecule has 3 rings (SSSR count). The van der Waals surface area contributed by atoms with E-state index in [0.29, 0.717) is 0 Å². The Kier molecular flexibility index (Phi) is 3.79. The summed E-state index contributed by atoms with van der Waals surface area (Å²) in [4.78, 5) is 4.35. The van der Waals surface area contributed by atoms with Crippen LogP contribution in [0.15, 0.2) is 53.1 Å². The summed E-state index contributed by atoms with van der Waals surface area (Å²) >= 11 is 3.57. The molecule has 1 atom stereocenters. The van der Waals surface area contributed by atoms with Gasteiger partial charge < -0.3 is 5.11 Å². The zero-order valence-electron chi connectivity index (χ0n) is 12.0. The van der Waals surface area contributed by atoms with E-state index in [2.05, 4.69) is 20.9 Å². The maximum absolute atomic E-state index is 10.8. The van der Waals surface area contributed by atoms with Crippen LogP contribution in [0.25, 0.3) is 10.9 Å². The molecule has 3 heteroatoms. The highest BCUT2D eigenvalue weighted by Gasteiger charge is 2.15. The Balaban J connectivity index is 2.15. The molecule has 0 aliphatic heterocycles. The summed E-state index contributed by atoms with van der Waals surface area (Å²) in [6.45, 7) is 4.08. The van der Waals surface area contributed by atoms with E-state index in [1.54, 1.807) is 6.20 Å². The van der Waals surface area contributed by atoms with Crippen LogP contribution in [0.5, 0.6) is 0 Å². The first kappa shape index (κ1) is 14.2. The Bertz CT molecular complexity index is 785. The largest absolute Gasteiger partial charge is 0.384 e. The van der Waals surface area contributed by atoms with Gasteiger partial charge in [-0.25, -0.2) is 0 Å². The molecule has 1 aromatic heterocycles. The fraction of sp³-hybridized carbons (Fsp3) is 0.167. The molecule has 21 heavy (non-hydrogen) atoms. The lowest BCUT2D eigenvalue weighted by molar-refractivity contribution is 0.221. The van der Waals surface area contributed by atoms with Gasteiger partial charge in [0, 0.05) is 16.1 Å². The topological polar surface area (TPSA) is 33.1 Å². The zero-order valence-corrected chi connectivity index (χ0v) is 13.6. The molecule has 1 N–H and O–H groups in total. The lowest BCUT2D eigenvalue weighted by Crippen LogP contribution is -2.02. The van der Waals surface area contributed by atoms with Crippen molar-refractivity contribution in [2.75, 3.05) is 0 Å². The van der Waals surface area contributed by atoms with Crippen molar-refractivity contribution in [3.63, 3.8) is 0 Å². The molecule has 2 aromatic carbocycles. The van der Waals surface area contributed by atoms with Crippen LogP contribution in [0.1, 0.15) is 28.4 Å². The van der Waals surface area contributed by atoms with E-state index in [4.69, 9.17) is 0 Å². The standard InChI is InChI=1S/C18H16BrNO/c1-11-9-13(10-12(2)17(11)19)18(21)15-5-3-7-16-14(15)6-4-8-20-16/h3-10,18,21H,1-2H3. The third-order valence-electron chi connectivity index (χ3n) is 3.75. The number of hydrogen-bond donors (Lipinski definition) is 1. The molecular formula is C18H16BrNO. The maximum Gasteiger partial charge on any atom is 0.105 e. The molecule has 0 aliphatic rings. The van der Waals surface area contributed by atoms with Crippen molar-refractivity contribution in [1.29, 1.82) is 0 Å². The Labute approximate surface area is 132 Å². The highest BCUT2D eigenvalue weighted by Crippen LogP contribution is 2.31. The van der Waals surface area contributed by atoms with Gasteiger partial charge in [0.2, 0.25) is 0 Å². The number of aromatic nitrogens is 1. The van der Waals surface area contributed by atoms with Crippen molar-refractivity contribution < 1.29 is 5.11 Å². The van der Waals surface area contributed by atoms with Gasteiger partial charge in [-0.1, -0.05) is 46.3 Å². The average molecular weight is 342 g/mol. The number of halogens is 1. The van der Waals surface area contributed by atoms with E-state index in [9.17, 15) is 5.11 Å². The fourth-order valence-electron chi connectivity index (χ4n) is 2.68. The summed E-state index contributed by atoms with van der Waals surface area (Å²) < 4.78 is 1.10. The van der Waals surface area contributed by atoms with Crippen LogP contribution in [-0.4, -0.2) is 10.1 Å². The molecule has 0 amide bonds. The van der Waals surface area contributed by atoms with Gasteiger partial charge in [0.05, 0.1) is 5.52 Å². The highest BCUT2D eigenvalue weighted by molar-refractivity contribution is 9.10. The van der Waals surface area contributed by atoms with E-state index in [1.807, 2.05) is 56.3 Å². The van der Waals surface area contributed by atoms with Gasteiger partial charge in [-0.05, 0) is 48.2 Å². The normalized spacial score (nSPS) is 12.6. The van der Waals surface area contributed by atoms with Crippen LogP contribution in [0, 0.1) is 13.8 Å². The Morgan fingerprint density at radius 3 is 2.48 bits per heavy atom. The number of hydrogen-bond acceptors (Lipinski definition) is 2. The minimum absolute atomic E-state index is 0.650. The van der Waals surface area contributed by atoms with Gasteiger partial charge in [0.25, 0.3) is 0 Å². The zero-order chi connectivity index (χ0) is 15.0. The van der Waals surface area contributed by atoms with E-state index in [0.717, 1.165) is 37.6 Å². The van der Waals surface area contributed by atoms with Crippen molar-refractivity contribution in [2.45, 2.75) is 20.0 Å². The molecule has 0 radical (unpaired) electrons. The maximum atomic E-state index is 10.8. The van der Waals surface area contributed by atoms with Crippen LogP contribution in [-0.2, 0) is 0 Å². The van der Waals surface area contributed by atoms with Crippen LogP contribution in [0.3, 0.4) is 0 Å². The van der Waals surface area contributed by atoms with Gasteiger partial charge in [-0.3, -0.25) is 4.98 Å². The first-order valence-electron chi connectivity index (χ1n) is 6.86. The van der Waals surface area contributed by atoms with Crippen molar-refractivity contribution >= 4 is 26.8 Å². The number of pyridine rings is 1. The van der Waals surface area contributed by atoms with Crippen molar-refractivity contribution in [1.82, 2.24) is 4.98 Å². The number of aliphatic hydroxyl groups is 1. The van der Waals surface area contributed by atoms with Crippen LogP contribution in [0.4, 0.5) is 0 Å². The molecule has 1 unspecified atom stereocenters. The molecule has 0 saturated carbocycles. The molecule has 0 aliphatic carbocycles. The first-order chi connectivity index (χ1) is 10.1. The van der Waals surface area contributed by atoms with Gasteiger partial charge in [0.15, 0.2) is 0 Å². The summed E-state index contributed by atoms with van der Waals surface area (Å²) in [6.07, 6.45) is 1.12. The second-order valence-corrected chi connectivity index (χ2v) is 6.08. The molecule has 0 spiro atoms. The lowest BCUT2D eigenvalue weighted by atomic mass is 9.95. The van der Waals surface area contributed by atoms with Crippen molar-refractivity contribution in [3.05, 3.63) is 75.4 Å². The first-order valence-corrected chi connectivity index (χ1v) is 7.65. The van der Waals surface area contributed by atoms with Gasteiger partial charge in [-0.15, -0.1) is 0 Å². The Morgan fingerprint density at radius 1 is 1.05 bits per heavy atom. The quantitative estimate of drug-likeness (QED) is 0.733. The van der Waals surface area contributed by atoms with Crippen molar-refractivity contribution in [2.24, 2.45) is 0 Å². The number of benzene rings is 2. The predicted molar refractivity (Wildman–Crippen MR) is 89.4 cm³/mol. The van der Waals surface area contributed by atoms with Crippen molar-refractivity contribution in [3.8, 4) is 0 Å². The summed E-state index contributed by atoms with van der Waals surface area (Å²) in [7, 11) is 0.